The second-order valence-corrected chi connectivity index (χ2v) is 8.81. The smallest absolute Gasteiger partial charge is 0.337 e. The van der Waals surface area contributed by atoms with Crippen molar-refractivity contribution >= 4 is 33.3 Å². The average molecular weight is 420 g/mol. The molecule has 0 atom stereocenters. The first kappa shape index (κ1) is 22.4. The SMILES string of the molecule is COC(=O)c1ccc(C)c(NCC(=O)Nc2ccc(C)c(S(=O)(=O)N(C)C)c2)c1. The van der Waals surface area contributed by atoms with Gasteiger partial charge in [0.05, 0.1) is 24.1 Å². The Bertz CT molecular complexity index is 1030. The number of benzene rings is 2. The fourth-order valence-electron chi connectivity index (χ4n) is 2.59. The van der Waals surface area contributed by atoms with Gasteiger partial charge in [0.25, 0.3) is 0 Å². The van der Waals surface area contributed by atoms with E-state index in [1.807, 2.05) is 6.92 Å². The molecule has 2 N–H and O–H groups in total. The highest BCUT2D eigenvalue weighted by atomic mass is 32.2. The molecular formula is C20H25N3O5S. The standard InChI is InChI=1S/C20H25N3O5S/c1-13-6-8-15(20(25)28-5)10-17(13)21-12-19(24)22-16-9-7-14(2)18(11-16)29(26,27)23(3)4/h6-11,21H,12H2,1-5H3,(H,22,24). The van der Waals surface area contributed by atoms with E-state index in [-0.39, 0.29) is 17.3 Å². The van der Waals surface area contributed by atoms with Crippen molar-refractivity contribution in [3.8, 4) is 0 Å². The van der Waals surface area contributed by atoms with Crippen LogP contribution in [0.3, 0.4) is 0 Å². The fraction of sp³-hybridized carbons (Fsp3) is 0.300. The zero-order valence-corrected chi connectivity index (χ0v) is 17.9. The summed E-state index contributed by atoms with van der Waals surface area (Å²) in [5.74, 6) is -0.822. The minimum atomic E-state index is -3.62. The summed E-state index contributed by atoms with van der Waals surface area (Å²) in [4.78, 5) is 24.1. The Labute approximate surface area is 170 Å². The molecule has 0 fully saturated rings. The molecule has 1 amide bonds. The first-order valence-electron chi connectivity index (χ1n) is 8.82. The van der Waals surface area contributed by atoms with Crippen LogP contribution >= 0.6 is 0 Å². The molecular weight excluding hydrogens is 394 g/mol. The molecule has 0 aliphatic rings. The van der Waals surface area contributed by atoms with Gasteiger partial charge in [-0.2, -0.15) is 0 Å². The van der Waals surface area contributed by atoms with Crippen molar-refractivity contribution in [1.29, 1.82) is 0 Å². The Kier molecular flexibility index (Phi) is 6.99. The monoisotopic (exact) mass is 419 g/mol. The van der Waals surface area contributed by atoms with Gasteiger partial charge in [-0.05, 0) is 49.2 Å². The molecule has 0 aliphatic heterocycles. The van der Waals surface area contributed by atoms with Crippen LogP contribution in [-0.4, -0.2) is 52.3 Å². The van der Waals surface area contributed by atoms with Crippen molar-refractivity contribution < 1.29 is 22.7 Å². The summed E-state index contributed by atoms with van der Waals surface area (Å²) in [6.07, 6.45) is 0. The zero-order valence-electron chi connectivity index (χ0n) is 17.1. The number of ether oxygens (including phenoxy) is 1. The van der Waals surface area contributed by atoms with E-state index in [4.69, 9.17) is 4.74 Å². The van der Waals surface area contributed by atoms with E-state index in [1.165, 1.54) is 27.3 Å². The largest absolute Gasteiger partial charge is 0.465 e. The Morgan fingerprint density at radius 2 is 1.69 bits per heavy atom. The number of anilines is 2. The lowest BCUT2D eigenvalue weighted by Gasteiger charge is -2.15. The van der Waals surface area contributed by atoms with Gasteiger partial charge in [0.15, 0.2) is 0 Å². The second-order valence-electron chi connectivity index (χ2n) is 6.69. The molecule has 0 aromatic heterocycles. The number of carbonyl (C=O) groups is 2. The summed E-state index contributed by atoms with van der Waals surface area (Å²) < 4.78 is 30.7. The average Bonchev–Trinajstić information content (AvgIpc) is 2.67. The van der Waals surface area contributed by atoms with E-state index < -0.39 is 16.0 Å². The van der Waals surface area contributed by atoms with Crippen LogP contribution < -0.4 is 10.6 Å². The van der Waals surface area contributed by atoms with Crippen LogP contribution in [-0.2, 0) is 19.6 Å². The normalized spacial score (nSPS) is 11.2. The van der Waals surface area contributed by atoms with Crippen molar-refractivity contribution in [2.45, 2.75) is 18.7 Å². The van der Waals surface area contributed by atoms with Crippen LogP contribution in [0, 0.1) is 13.8 Å². The lowest BCUT2D eigenvalue weighted by atomic mass is 10.1. The molecule has 8 nitrogen and oxygen atoms in total. The van der Waals surface area contributed by atoms with Crippen LogP contribution in [0.5, 0.6) is 0 Å². The highest BCUT2D eigenvalue weighted by Gasteiger charge is 2.20. The maximum absolute atomic E-state index is 12.4. The molecule has 0 spiro atoms. The number of hydrogen-bond donors (Lipinski definition) is 2. The van der Waals surface area contributed by atoms with Gasteiger partial charge in [-0.3, -0.25) is 4.79 Å². The van der Waals surface area contributed by atoms with Crippen LogP contribution in [0.4, 0.5) is 11.4 Å². The van der Waals surface area contributed by atoms with E-state index in [1.54, 1.807) is 37.3 Å². The minimum absolute atomic E-state index is 0.0604. The number of aryl methyl sites for hydroxylation is 2. The summed E-state index contributed by atoms with van der Waals surface area (Å²) >= 11 is 0. The van der Waals surface area contributed by atoms with E-state index in [0.717, 1.165) is 9.87 Å². The van der Waals surface area contributed by atoms with E-state index in [0.29, 0.717) is 22.5 Å². The summed E-state index contributed by atoms with van der Waals surface area (Å²) in [6.45, 7) is 3.48. The summed E-state index contributed by atoms with van der Waals surface area (Å²) in [6, 6.07) is 9.73. The fourth-order valence-corrected chi connectivity index (χ4v) is 3.73. The maximum atomic E-state index is 12.4. The summed E-state index contributed by atoms with van der Waals surface area (Å²) in [5.41, 5.74) is 2.83. The lowest BCUT2D eigenvalue weighted by molar-refractivity contribution is -0.114. The first-order valence-corrected chi connectivity index (χ1v) is 10.3. The minimum Gasteiger partial charge on any atom is -0.465 e. The molecule has 9 heteroatoms. The predicted molar refractivity (Wildman–Crippen MR) is 112 cm³/mol. The third-order valence-corrected chi connectivity index (χ3v) is 6.29. The van der Waals surface area contributed by atoms with Crippen molar-refractivity contribution in [3.05, 3.63) is 53.1 Å². The Morgan fingerprint density at radius 3 is 2.31 bits per heavy atom. The molecule has 2 rings (SSSR count). The predicted octanol–water partition coefficient (Wildman–Crippen LogP) is 2.39. The van der Waals surface area contributed by atoms with Gasteiger partial charge in [0, 0.05) is 25.5 Å². The molecule has 29 heavy (non-hydrogen) atoms. The number of esters is 1. The van der Waals surface area contributed by atoms with Crippen LogP contribution in [0.15, 0.2) is 41.3 Å². The highest BCUT2D eigenvalue weighted by Crippen LogP contribution is 2.22. The van der Waals surface area contributed by atoms with E-state index in [2.05, 4.69) is 10.6 Å². The topological polar surface area (TPSA) is 105 Å². The molecule has 0 aliphatic carbocycles. The van der Waals surface area contributed by atoms with Crippen LogP contribution in [0.25, 0.3) is 0 Å². The first-order chi connectivity index (χ1) is 13.6. The Morgan fingerprint density at radius 1 is 1.03 bits per heavy atom. The molecule has 0 saturated heterocycles. The second kappa shape index (κ2) is 9.06. The number of sulfonamides is 1. The van der Waals surface area contributed by atoms with Crippen molar-refractivity contribution in [3.63, 3.8) is 0 Å². The number of nitrogens with one attached hydrogen (secondary N) is 2. The van der Waals surface area contributed by atoms with Gasteiger partial charge >= 0.3 is 5.97 Å². The Hall–Kier alpha value is -2.91. The van der Waals surface area contributed by atoms with Crippen LogP contribution in [0.2, 0.25) is 0 Å². The molecule has 0 unspecified atom stereocenters. The molecule has 2 aromatic rings. The van der Waals surface area contributed by atoms with Crippen molar-refractivity contribution in [1.82, 2.24) is 4.31 Å². The number of hydrogen-bond acceptors (Lipinski definition) is 6. The van der Waals surface area contributed by atoms with Crippen LogP contribution in [0.1, 0.15) is 21.5 Å². The molecule has 156 valence electrons. The zero-order chi connectivity index (χ0) is 21.8. The molecule has 0 heterocycles. The number of amides is 1. The summed E-state index contributed by atoms with van der Waals surface area (Å²) in [7, 11) is 0.587. The number of rotatable bonds is 7. The van der Waals surface area contributed by atoms with Gasteiger partial charge in [0.1, 0.15) is 0 Å². The van der Waals surface area contributed by atoms with E-state index >= 15 is 0 Å². The quantitative estimate of drug-likeness (QED) is 0.668. The van der Waals surface area contributed by atoms with Gasteiger partial charge in [-0.1, -0.05) is 12.1 Å². The van der Waals surface area contributed by atoms with Gasteiger partial charge < -0.3 is 15.4 Å². The number of carbonyl (C=O) groups excluding carboxylic acids is 2. The van der Waals surface area contributed by atoms with Crippen molar-refractivity contribution in [2.24, 2.45) is 0 Å². The van der Waals surface area contributed by atoms with Gasteiger partial charge in [-0.25, -0.2) is 17.5 Å². The van der Waals surface area contributed by atoms with Gasteiger partial charge in [-0.15, -0.1) is 0 Å². The third-order valence-electron chi connectivity index (χ3n) is 4.33. The third kappa shape index (κ3) is 5.33. The molecule has 2 aromatic carbocycles. The lowest BCUT2D eigenvalue weighted by Crippen LogP contribution is -2.24. The van der Waals surface area contributed by atoms with E-state index in [9.17, 15) is 18.0 Å². The maximum Gasteiger partial charge on any atom is 0.337 e. The van der Waals surface area contributed by atoms with Crippen molar-refractivity contribution in [2.75, 3.05) is 38.4 Å². The number of nitrogens with zero attached hydrogens (tertiary/aromatic N) is 1. The highest BCUT2D eigenvalue weighted by molar-refractivity contribution is 7.89. The van der Waals surface area contributed by atoms with Gasteiger partial charge in [0.2, 0.25) is 15.9 Å². The molecule has 0 saturated carbocycles. The Balaban J connectivity index is 2.12. The molecule has 0 bridgehead atoms. The molecule has 0 radical (unpaired) electrons. The number of methoxy groups -OCH3 is 1. The summed E-state index contributed by atoms with van der Waals surface area (Å²) in [5, 5.41) is 5.66.